The van der Waals surface area contributed by atoms with E-state index in [-0.39, 0.29) is 36.3 Å². The van der Waals surface area contributed by atoms with E-state index in [0.717, 1.165) is 36.9 Å². The molecule has 1 aliphatic rings. The van der Waals surface area contributed by atoms with E-state index in [1.54, 1.807) is 16.7 Å². The Kier molecular flexibility index (Phi) is 6.20. The number of carbonyl (C=O) groups excluding carboxylic acids is 1. The van der Waals surface area contributed by atoms with Crippen LogP contribution in [0.15, 0.2) is 35.4 Å². The number of rotatable bonds is 5. The summed E-state index contributed by atoms with van der Waals surface area (Å²) >= 11 is 0. The zero-order valence-corrected chi connectivity index (χ0v) is 18.2. The molecule has 1 aliphatic carbocycles. The first-order valence-electron chi connectivity index (χ1n) is 11.1. The second-order valence-electron chi connectivity index (χ2n) is 8.47. The number of halogens is 1. The highest BCUT2D eigenvalue weighted by Crippen LogP contribution is 2.25. The van der Waals surface area contributed by atoms with Gasteiger partial charge in [-0.05, 0) is 50.5 Å². The van der Waals surface area contributed by atoms with E-state index >= 15 is 0 Å². The highest BCUT2D eigenvalue weighted by molar-refractivity contribution is 5.83. The van der Waals surface area contributed by atoms with E-state index < -0.39 is 0 Å². The number of aromatic nitrogens is 3. The monoisotopic (exact) mass is 424 g/mol. The minimum atomic E-state index is -0.343. The number of fused-ring (bicyclic) bond motifs is 1. The van der Waals surface area contributed by atoms with Gasteiger partial charge in [0.25, 0.3) is 5.56 Å². The van der Waals surface area contributed by atoms with Crippen LogP contribution in [0.1, 0.15) is 56.2 Å². The van der Waals surface area contributed by atoms with Crippen LogP contribution in [-0.4, -0.2) is 26.1 Å². The quantitative estimate of drug-likeness (QED) is 0.625. The third-order valence-electron chi connectivity index (χ3n) is 6.35. The SMILES string of the molecule is Cc1c(C)n(-c2cccc(F)c2)c2ncn(CCC(=O)NC3CCCCCC3)c(=O)c12. The molecule has 1 N–H and O–H groups in total. The average Bonchev–Trinajstić information content (AvgIpc) is 2.89. The molecule has 0 radical (unpaired) electrons. The second kappa shape index (κ2) is 9.04. The van der Waals surface area contributed by atoms with Crippen molar-refractivity contribution in [3.8, 4) is 5.69 Å². The van der Waals surface area contributed by atoms with Gasteiger partial charge in [0.2, 0.25) is 5.91 Å². The van der Waals surface area contributed by atoms with Crippen LogP contribution >= 0.6 is 0 Å². The summed E-state index contributed by atoms with van der Waals surface area (Å²) in [6, 6.07) is 6.49. The van der Waals surface area contributed by atoms with Gasteiger partial charge in [0.15, 0.2) is 5.65 Å². The van der Waals surface area contributed by atoms with Gasteiger partial charge in [-0.2, -0.15) is 0 Å². The Bertz CT molecular complexity index is 1160. The Labute approximate surface area is 181 Å². The molecule has 2 heterocycles. The Morgan fingerprint density at radius 3 is 2.65 bits per heavy atom. The van der Waals surface area contributed by atoms with Gasteiger partial charge in [0.1, 0.15) is 5.82 Å². The number of benzene rings is 1. The van der Waals surface area contributed by atoms with Crippen LogP contribution in [0, 0.1) is 19.7 Å². The Morgan fingerprint density at radius 2 is 1.94 bits per heavy atom. The third kappa shape index (κ3) is 4.40. The van der Waals surface area contributed by atoms with Gasteiger partial charge in [0.05, 0.1) is 17.4 Å². The molecule has 1 aromatic carbocycles. The molecule has 1 amide bonds. The highest BCUT2D eigenvalue weighted by Gasteiger charge is 2.19. The molecule has 0 unspecified atom stereocenters. The van der Waals surface area contributed by atoms with Crippen molar-refractivity contribution in [1.82, 2.24) is 19.4 Å². The maximum atomic E-state index is 13.8. The first-order chi connectivity index (χ1) is 15.0. The van der Waals surface area contributed by atoms with Gasteiger partial charge in [-0.15, -0.1) is 0 Å². The van der Waals surface area contributed by atoms with Gasteiger partial charge in [-0.3, -0.25) is 18.7 Å². The fraction of sp³-hybridized carbons (Fsp3) is 0.458. The maximum Gasteiger partial charge on any atom is 0.263 e. The van der Waals surface area contributed by atoms with Crippen molar-refractivity contribution in [3.63, 3.8) is 0 Å². The molecular weight excluding hydrogens is 395 g/mol. The lowest BCUT2D eigenvalue weighted by Crippen LogP contribution is -2.35. The summed E-state index contributed by atoms with van der Waals surface area (Å²) in [7, 11) is 0. The Hall–Kier alpha value is -2.96. The molecular formula is C24H29FN4O2. The number of hydrogen-bond acceptors (Lipinski definition) is 3. The van der Waals surface area contributed by atoms with Crippen molar-refractivity contribution in [3.05, 3.63) is 58.0 Å². The first kappa shape index (κ1) is 21.3. The van der Waals surface area contributed by atoms with E-state index in [9.17, 15) is 14.0 Å². The van der Waals surface area contributed by atoms with Gasteiger partial charge in [-0.1, -0.05) is 31.7 Å². The van der Waals surface area contributed by atoms with Crippen molar-refractivity contribution in [2.75, 3.05) is 0 Å². The third-order valence-corrected chi connectivity index (χ3v) is 6.35. The molecule has 0 aliphatic heterocycles. The molecule has 2 aromatic heterocycles. The van der Waals surface area contributed by atoms with Crippen LogP contribution in [0.5, 0.6) is 0 Å². The second-order valence-corrected chi connectivity index (χ2v) is 8.47. The van der Waals surface area contributed by atoms with Crippen LogP contribution in [0.4, 0.5) is 4.39 Å². The smallest absolute Gasteiger partial charge is 0.263 e. The van der Waals surface area contributed by atoms with Gasteiger partial charge >= 0.3 is 0 Å². The molecule has 0 saturated heterocycles. The lowest BCUT2D eigenvalue weighted by molar-refractivity contribution is -0.122. The summed E-state index contributed by atoms with van der Waals surface area (Å²) < 4.78 is 17.1. The molecule has 31 heavy (non-hydrogen) atoms. The van der Waals surface area contributed by atoms with E-state index in [2.05, 4.69) is 10.3 Å². The lowest BCUT2D eigenvalue weighted by atomic mass is 10.1. The molecule has 164 valence electrons. The zero-order valence-electron chi connectivity index (χ0n) is 18.2. The Morgan fingerprint density at radius 1 is 1.19 bits per heavy atom. The normalized spacial score (nSPS) is 15.2. The molecule has 1 saturated carbocycles. The maximum absolute atomic E-state index is 13.8. The van der Waals surface area contributed by atoms with Crippen LogP contribution < -0.4 is 10.9 Å². The number of hydrogen-bond donors (Lipinski definition) is 1. The van der Waals surface area contributed by atoms with Crippen molar-refractivity contribution >= 4 is 16.9 Å². The van der Waals surface area contributed by atoms with E-state index in [4.69, 9.17) is 0 Å². The molecule has 0 bridgehead atoms. The number of carbonyl (C=O) groups is 1. The number of nitrogens with zero attached hydrogens (tertiary/aromatic N) is 3. The van der Waals surface area contributed by atoms with E-state index in [1.807, 2.05) is 13.8 Å². The van der Waals surface area contributed by atoms with Crippen molar-refractivity contribution in [2.45, 2.75) is 71.4 Å². The summed E-state index contributed by atoms with van der Waals surface area (Å²) in [6.45, 7) is 4.05. The van der Waals surface area contributed by atoms with Gasteiger partial charge in [0, 0.05) is 24.7 Å². The van der Waals surface area contributed by atoms with Crippen molar-refractivity contribution in [2.24, 2.45) is 0 Å². The van der Waals surface area contributed by atoms with Crippen LogP contribution in [0.3, 0.4) is 0 Å². The predicted molar refractivity (Wildman–Crippen MR) is 119 cm³/mol. The molecule has 0 spiro atoms. The predicted octanol–water partition coefficient (Wildman–Crippen LogP) is 4.17. The molecule has 6 nitrogen and oxygen atoms in total. The number of aryl methyl sites for hydroxylation is 2. The number of amides is 1. The Balaban J connectivity index is 1.56. The van der Waals surface area contributed by atoms with E-state index in [1.165, 1.54) is 35.9 Å². The first-order valence-corrected chi connectivity index (χ1v) is 11.1. The zero-order chi connectivity index (χ0) is 22.0. The molecule has 4 rings (SSSR count). The van der Waals surface area contributed by atoms with Crippen LogP contribution in [-0.2, 0) is 11.3 Å². The summed E-state index contributed by atoms with van der Waals surface area (Å²) in [5, 5.41) is 3.63. The van der Waals surface area contributed by atoms with E-state index in [0.29, 0.717) is 16.7 Å². The fourth-order valence-corrected chi connectivity index (χ4v) is 4.52. The summed E-state index contributed by atoms with van der Waals surface area (Å²) in [6.07, 6.45) is 8.59. The van der Waals surface area contributed by atoms with Crippen molar-refractivity contribution in [1.29, 1.82) is 0 Å². The molecule has 0 atom stereocenters. The lowest BCUT2D eigenvalue weighted by Gasteiger charge is -2.16. The highest BCUT2D eigenvalue weighted by atomic mass is 19.1. The van der Waals surface area contributed by atoms with Gasteiger partial charge in [-0.25, -0.2) is 9.37 Å². The summed E-state index contributed by atoms with van der Waals surface area (Å²) in [5.74, 6) is -0.367. The van der Waals surface area contributed by atoms with Gasteiger partial charge < -0.3 is 5.32 Å². The average molecular weight is 425 g/mol. The largest absolute Gasteiger partial charge is 0.353 e. The minimum absolute atomic E-state index is 0.0240. The minimum Gasteiger partial charge on any atom is -0.353 e. The summed E-state index contributed by atoms with van der Waals surface area (Å²) in [5.41, 5.74) is 2.61. The topological polar surface area (TPSA) is 68.9 Å². The van der Waals surface area contributed by atoms with Crippen molar-refractivity contribution < 1.29 is 9.18 Å². The fourth-order valence-electron chi connectivity index (χ4n) is 4.52. The molecule has 7 heteroatoms. The summed E-state index contributed by atoms with van der Waals surface area (Å²) in [4.78, 5) is 30.1. The van der Waals surface area contributed by atoms with Crippen LogP contribution in [0.2, 0.25) is 0 Å². The molecule has 3 aromatic rings. The number of nitrogens with one attached hydrogen (secondary N) is 1. The molecule has 1 fully saturated rings. The standard InChI is InChI=1S/C24H29FN4O2/c1-16-17(2)29(20-11-7-8-18(25)14-20)23-22(16)24(31)28(15-26-23)13-12-21(30)27-19-9-5-3-4-6-10-19/h7-8,11,14-15,19H,3-6,9-10,12-13H2,1-2H3,(H,27,30). The van der Waals surface area contributed by atoms with Crippen LogP contribution in [0.25, 0.3) is 16.7 Å².